The zero-order valence-corrected chi connectivity index (χ0v) is 18.6. The highest BCUT2D eigenvalue weighted by molar-refractivity contribution is 8.15. The Bertz CT molecular complexity index is 936. The number of rotatable bonds is 7. The van der Waals surface area contributed by atoms with Gasteiger partial charge in [-0.2, -0.15) is 0 Å². The molecule has 6 nitrogen and oxygen atoms in total. The zero-order chi connectivity index (χ0) is 21.7. The van der Waals surface area contributed by atoms with Gasteiger partial charge in [-0.1, -0.05) is 36.9 Å². The fourth-order valence-corrected chi connectivity index (χ4v) is 4.48. The molecule has 1 N–H and O–H groups in total. The summed E-state index contributed by atoms with van der Waals surface area (Å²) >= 11 is 1.35. The minimum absolute atomic E-state index is 0.0641. The van der Waals surface area contributed by atoms with Gasteiger partial charge in [-0.3, -0.25) is 14.5 Å². The Morgan fingerprint density at radius 1 is 1.17 bits per heavy atom. The number of benzene rings is 2. The van der Waals surface area contributed by atoms with Gasteiger partial charge in [0.2, 0.25) is 11.8 Å². The molecule has 3 rings (SSSR count). The lowest BCUT2D eigenvalue weighted by atomic mass is 10.1. The van der Waals surface area contributed by atoms with Crippen molar-refractivity contribution < 1.29 is 14.3 Å². The van der Waals surface area contributed by atoms with Crippen LogP contribution in [0.25, 0.3) is 0 Å². The second kappa shape index (κ2) is 9.80. The fourth-order valence-electron chi connectivity index (χ4n) is 3.29. The Labute approximate surface area is 181 Å². The second-order valence-corrected chi connectivity index (χ2v) is 8.38. The molecule has 1 atom stereocenters. The van der Waals surface area contributed by atoms with Crippen molar-refractivity contribution in [1.29, 1.82) is 0 Å². The summed E-state index contributed by atoms with van der Waals surface area (Å²) in [5.41, 5.74) is 3.56. The van der Waals surface area contributed by atoms with E-state index in [1.54, 1.807) is 12.0 Å². The molecule has 1 aliphatic heterocycles. The second-order valence-electron chi connectivity index (χ2n) is 7.21. The first-order valence-electron chi connectivity index (χ1n) is 9.99. The molecule has 0 radical (unpaired) electrons. The van der Waals surface area contributed by atoms with E-state index >= 15 is 0 Å². The molecule has 2 aromatic rings. The number of carbonyl (C=O) groups excluding carboxylic acids is 2. The molecular formula is C23H27N3O3S. The first-order valence-corrected chi connectivity index (χ1v) is 10.9. The van der Waals surface area contributed by atoms with Crippen LogP contribution >= 0.6 is 11.8 Å². The minimum Gasteiger partial charge on any atom is -0.497 e. The Kier molecular flexibility index (Phi) is 7.15. The van der Waals surface area contributed by atoms with Crippen LogP contribution in [0.3, 0.4) is 0 Å². The van der Waals surface area contributed by atoms with E-state index in [2.05, 4.69) is 10.3 Å². The van der Waals surface area contributed by atoms with Gasteiger partial charge in [0.15, 0.2) is 5.17 Å². The van der Waals surface area contributed by atoms with Crippen LogP contribution in [0.2, 0.25) is 0 Å². The van der Waals surface area contributed by atoms with Gasteiger partial charge in [-0.15, -0.1) is 0 Å². The Morgan fingerprint density at radius 3 is 2.43 bits per heavy atom. The summed E-state index contributed by atoms with van der Waals surface area (Å²) in [5, 5.41) is 3.14. The first kappa shape index (κ1) is 21.9. The number of aliphatic imine (C=N–C) groups is 1. The Balaban J connectivity index is 1.74. The molecule has 0 unspecified atom stereocenters. The third-order valence-corrected chi connectivity index (χ3v) is 6.06. The number of ether oxygens (including phenoxy) is 1. The number of hydrogen-bond acceptors (Lipinski definition) is 5. The number of nitrogens with one attached hydrogen (secondary N) is 1. The number of nitrogens with zero attached hydrogens (tertiary/aromatic N) is 2. The van der Waals surface area contributed by atoms with Crippen molar-refractivity contribution in [2.45, 2.75) is 38.9 Å². The monoisotopic (exact) mass is 425 g/mol. The standard InChI is InChI=1S/C23H27N3O3S/c1-5-13-26-22(28)19(14-20(27)25-21-15(2)7-6-8-16(21)3)30-23(26)24-17-9-11-18(29-4)12-10-17/h6-12,19H,5,13-14H2,1-4H3,(H,25,27)/t19-/m1/s1. The first-order chi connectivity index (χ1) is 14.4. The van der Waals surface area contributed by atoms with Crippen LogP contribution in [-0.4, -0.2) is 40.8 Å². The molecule has 1 fully saturated rings. The summed E-state index contributed by atoms with van der Waals surface area (Å²) in [6.45, 7) is 6.52. The number of hydrogen-bond donors (Lipinski definition) is 1. The van der Waals surface area contributed by atoms with E-state index in [1.165, 1.54) is 11.8 Å². The number of methoxy groups -OCH3 is 1. The molecule has 1 saturated heterocycles. The average molecular weight is 426 g/mol. The van der Waals surface area contributed by atoms with E-state index in [1.807, 2.05) is 63.2 Å². The van der Waals surface area contributed by atoms with E-state index < -0.39 is 5.25 Å². The third kappa shape index (κ3) is 5.02. The van der Waals surface area contributed by atoms with Gasteiger partial charge in [0.1, 0.15) is 11.0 Å². The summed E-state index contributed by atoms with van der Waals surface area (Å²) in [6.07, 6.45) is 0.925. The summed E-state index contributed by atoms with van der Waals surface area (Å²) in [4.78, 5) is 31.9. The van der Waals surface area contributed by atoms with Crippen LogP contribution < -0.4 is 10.1 Å². The van der Waals surface area contributed by atoms with Gasteiger partial charge in [-0.05, 0) is 55.7 Å². The third-order valence-electron chi connectivity index (χ3n) is 4.88. The lowest BCUT2D eigenvalue weighted by Gasteiger charge is -2.15. The van der Waals surface area contributed by atoms with E-state index in [9.17, 15) is 9.59 Å². The normalized spacial score (nSPS) is 17.5. The molecule has 1 heterocycles. The van der Waals surface area contributed by atoms with Crippen LogP contribution in [-0.2, 0) is 9.59 Å². The average Bonchev–Trinajstić information content (AvgIpc) is 3.00. The van der Waals surface area contributed by atoms with Crippen molar-refractivity contribution in [2.24, 2.45) is 4.99 Å². The molecule has 30 heavy (non-hydrogen) atoms. The molecule has 0 aromatic heterocycles. The molecule has 0 aliphatic carbocycles. The predicted octanol–water partition coefficient (Wildman–Crippen LogP) is 4.68. The van der Waals surface area contributed by atoms with E-state index in [4.69, 9.17) is 4.74 Å². The maximum atomic E-state index is 12.9. The van der Waals surface area contributed by atoms with Crippen LogP contribution in [0, 0.1) is 13.8 Å². The smallest absolute Gasteiger partial charge is 0.242 e. The predicted molar refractivity (Wildman–Crippen MR) is 123 cm³/mol. The van der Waals surface area contributed by atoms with Crippen LogP contribution in [0.15, 0.2) is 47.5 Å². The van der Waals surface area contributed by atoms with Gasteiger partial charge in [-0.25, -0.2) is 4.99 Å². The van der Waals surface area contributed by atoms with Gasteiger partial charge < -0.3 is 10.1 Å². The number of aryl methyl sites for hydroxylation is 2. The number of anilines is 1. The largest absolute Gasteiger partial charge is 0.497 e. The molecule has 0 bridgehead atoms. The molecule has 0 spiro atoms. The highest BCUT2D eigenvalue weighted by Crippen LogP contribution is 2.32. The van der Waals surface area contributed by atoms with Crippen LogP contribution in [0.5, 0.6) is 5.75 Å². The molecule has 1 aliphatic rings. The van der Waals surface area contributed by atoms with Crippen molar-refractivity contribution in [1.82, 2.24) is 4.90 Å². The van der Waals surface area contributed by atoms with E-state index in [0.717, 1.165) is 34.7 Å². The molecule has 158 valence electrons. The summed E-state index contributed by atoms with van der Waals surface area (Å²) in [6, 6.07) is 13.2. The van der Waals surface area contributed by atoms with Gasteiger partial charge in [0.05, 0.1) is 12.8 Å². The minimum atomic E-state index is -0.474. The highest BCUT2D eigenvalue weighted by atomic mass is 32.2. The SMILES string of the molecule is CCCN1C(=O)[C@@H](CC(=O)Nc2c(C)cccc2C)SC1=Nc1ccc(OC)cc1. The lowest BCUT2D eigenvalue weighted by molar-refractivity contribution is -0.128. The van der Waals surface area contributed by atoms with Crippen LogP contribution in [0.1, 0.15) is 30.9 Å². The van der Waals surface area contributed by atoms with Crippen LogP contribution in [0.4, 0.5) is 11.4 Å². The van der Waals surface area contributed by atoms with Crippen molar-refractivity contribution in [3.05, 3.63) is 53.6 Å². The highest BCUT2D eigenvalue weighted by Gasteiger charge is 2.38. The number of carbonyl (C=O) groups is 2. The summed E-state index contributed by atoms with van der Waals surface area (Å²) < 4.78 is 5.18. The summed E-state index contributed by atoms with van der Waals surface area (Å²) in [5.74, 6) is 0.520. The molecular weight excluding hydrogens is 398 g/mol. The van der Waals surface area contributed by atoms with Gasteiger partial charge in [0.25, 0.3) is 0 Å². The van der Waals surface area contributed by atoms with E-state index in [0.29, 0.717) is 11.7 Å². The molecule has 2 aromatic carbocycles. The number of thioether (sulfide) groups is 1. The Morgan fingerprint density at radius 2 is 1.83 bits per heavy atom. The summed E-state index contributed by atoms with van der Waals surface area (Å²) in [7, 11) is 1.61. The fraction of sp³-hybridized carbons (Fsp3) is 0.348. The maximum Gasteiger partial charge on any atom is 0.242 e. The number of para-hydroxylation sites is 1. The number of amidine groups is 1. The van der Waals surface area contributed by atoms with Gasteiger partial charge in [0, 0.05) is 18.7 Å². The maximum absolute atomic E-state index is 12.9. The molecule has 0 saturated carbocycles. The molecule has 7 heteroatoms. The van der Waals surface area contributed by atoms with Crippen molar-refractivity contribution in [2.75, 3.05) is 19.0 Å². The van der Waals surface area contributed by atoms with Crippen molar-refractivity contribution >= 4 is 40.1 Å². The number of amides is 2. The quantitative estimate of drug-likeness (QED) is 0.699. The van der Waals surface area contributed by atoms with Gasteiger partial charge >= 0.3 is 0 Å². The lowest BCUT2D eigenvalue weighted by Crippen LogP contribution is -2.34. The van der Waals surface area contributed by atoms with Crippen molar-refractivity contribution in [3.8, 4) is 5.75 Å². The Hall–Kier alpha value is -2.80. The molecule has 2 amide bonds. The zero-order valence-electron chi connectivity index (χ0n) is 17.8. The topological polar surface area (TPSA) is 71.0 Å². The van der Waals surface area contributed by atoms with Crippen molar-refractivity contribution in [3.63, 3.8) is 0 Å². The van der Waals surface area contributed by atoms with E-state index in [-0.39, 0.29) is 18.2 Å².